The molecule has 0 aliphatic carbocycles. The van der Waals surface area contributed by atoms with Crippen molar-refractivity contribution in [2.24, 2.45) is 5.92 Å². The van der Waals surface area contributed by atoms with Gasteiger partial charge in [-0.15, -0.1) is 10.2 Å². The second kappa shape index (κ2) is 5.79. The molecular weight excluding hydrogens is 224 g/mol. The van der Waals surface area contributed by atoms with Crippen molar-refractivity contribution < 1.29 is 4.79 Å². The lowest BCUT2D eigenvalue weighted by molar-refractivity contribution is 0.0744. The van der Waals surface area contributed by atoms with Gasteiger partial charge in [0.15, 0.2) is 0 Å². The quantitative estimate of drug-likeness (QED) is 0.853. The first-order valence-electron chi connectivity index (χ1n) is 5.39. The van der Waals surface area contributed by atoms with Gasteiger partial charge in [-0.3, -0.25) is 4.79 Å². The van der Waals surface area contributed by atoms with Crippen LogP contribution in [0, 0.1) is 5.92 Å². The van der Waals surface area contributed by atoms with E-state index >= 15 is 0 Å². The van der Waals surface area contributed by atoms with Crippen LogP contribution in [0.15, 0.2) is 0 Å². The summed E-state index contributed by atoms with van der Waals surface area (Å²) < 4.78 is 0. The van der Waals surface area contributed by atoms with Crippen molar-refractivity contribution in [2.45, 2.75) is 20.8 Å². The van der Waals surface area contributed by atoms with Gasteiger partial charge in [0.25, 0.3) is 5.91 Å². The Morgan fingerprint density at radius 2 is 2.19 bits per heavy atom. The van der Waals surface area contributed by atoms with E-state index in [9.17, 15) is 4.79 Å². The van der Waals surface area contributed by atoms with Gasteiger partial charge in [-0.2, -0.15) is 0 Å². The third-order valence-electron chi connectivity index (χ3n) is 2.08. The van der Waals surface area contributed by atoms with Gasteiger partial charge in [-0.05, 0) is 12.8 Å². The molecule has 0 unspecified atom stereocenters. The van der Waals surface area contributed by atoms with Gasteiger partial charge in [0.1, 0.15) is 0 Å². The van der Waals surface area contributed by atoms with E-state index in [-0.39, 0.29) is 5.91 Å². The largest absolute Gasteiger partial charge is 0.363 e. The van der Waals surface area contributed by atoms with E-state index in [0.29, 0.717) is 22.6 Å². The molecule has 16 heavy (non-hydrogen) atoms. The molecule has 1 rings (SSSR count). The van der Waals surface area contributed by atoms with Crippen molar-refractivity contribution in [3.8, 4) is 0 Å². The first-order valence-corrected chi connectivity index (χ1v) is 6.20. The monoisotopic (exact) mass is 242 g/mol. The number of rotatable bonds is 5. The third kappa shape index (κ3) is 3.16. The number of carbonyl (C=O) groups excluding carboxylic acids is 1. The van der Waals surface area contributed by atoms with Crippen LogP contribution in [0.3, 0.4) is 0 Å². The minimum atomic E-state index is -0.0322. The van der Waals surface area contributed by atoms with E-state index in [0.717, 1.165) is 6.54 Å². The molecule has 0 atom stereocenters. The smallest absolute Gasteiger partial charge is 0.284 e. The number of hydrogen-bond acceptors (Lipinski definition) is 5. The maximum Gasteiger partial charge on any atom is 0.284 e. The summed E-state index contributed by atoms with van der Waals surface area (Å²) in [7, 11) is 1.76. The van der Waals surface area contributed by atoms with Crippen LogP contribution in [-0.2, 0) is 0 Å². The summed E-state index contributed by atoms with van der Waals surface area (Å²) in [6.45, 7) is 7.61. The van der Waals surface area contributed by atoms with Crippen LogP contribution in [-0.4, -0.2) is 41.1 Å². The Morgan fingerprint density at radius 3 is 2.62 bits per heavy atom. The number of anilines is 1. The summed E-state index contributed by atoms with van der Waals surface area (Å²) in [6, 6.07) is 0. The van der Waals surface area contributed by atoms with Crippen LogP contribution in [0.4, 0.5) is 5.13 Å². The van der Waals surface area contributed by atoms with E-state index in [1.165, 1.54) is 11.3 Å². The van der Waals surface area contributed by atoms with E-state index in [1.54, 1.807) is 11.9 Å². The Morgan fingerprint density at radius 1 is 1.50 bits per heavy atom. The fourth-order valence-corrected chi connectivity index (χ4v) is 2.01. The van der Waals surface area contributed by atoms with Crippen LogP contribution in [0.5, 0.6) is 0 Å². The zero-order chi connectivity index (χ0) is 12.1. The molecule has 1 N–H and O–H groups in total. The number of amides is 1. The minimum absolute atomic E-state index is 0.0322. The summed E-state index contributed by atoms with van der Waals surface area (Å²) >= 11 is 1.29. The number of nitrogens with one attached hydrogen (secondary N) is 1. The van der Waals surface area contributed by atoms with Crippen LogP contribution in [0.25, 0.3) is 0 Å². The van der Waals surface area contributed by atoms with Gasteiger partial charge in [0.05, 0.1) is 0 Å². The van der Waals surface area contributed by atoms with E-state index in [1.807, 2.05) is 6.92 Å². The molecule has 1 aromatic heterocycles. The third-order valence-corrected chi connectivity index (χ3v) is 3.01. The molecule has 0 aromatic carbocycles. The van der Waals surface area contributed by atoms with Gasteiger partial charge >= 0.3 is 0 Å². The zero-order valence-electron chi connectivity index (χ0n) is 10.1. The molecule has 0 fully saturated rings. The maximum atomic E-state index is 12.0. The summed E-state index contributed by atoms with van der Waals surface area (Å²) in [5.74, 6) is 0.427. The topological polar surface area (TPSA) is 58.1 Å². The number of hydrogen-bond donors (Lipinski definition) is 1. The fourth-order valence-electron chi connectivity index (χ4n) is 1.34. The standard InChI is InChI=1S/C10H18N4OS/c1-5-14(6-7(2)3)9(15)8-12-13-10(11-4)16-8/h7H,5-6H2,1-4H3,(H,11,13). The molecular formula is C10H18N4OS. The highest BCUT2D eigenvalue weighted by molar-refractivity contribution is 7.17. The van der Waals surface area contributed by atoms with Gasteiger partial charge in [-0.25, -0.2) is 0 Å². The molecule has 0 saturated carbocycles. The molecule has 0 radical (unpaired) electrons. The predicted molar refractivity (Wildman–Crippen MR) is 65.9 cm³/mol. The average Bonchev–Trinajstić information content (AvgIpc) is 2.73. The fraction of sp³-hybridized carbons (Fsp3) is 0.700. The molecule has 5 nitrogen and oxygen atoms in total. The first kappa shape index (κ1) is 12.9. The highest BCUT2D eigenvalue weighted by Crippen LogP contribution is 2.16. The normalized spacial score (nSPS) is 10.6. The van der Waals surface area contributed by atoms with Crippen molar-refractivity contribution in [1.82, 2.24) is 15.1 Å². The lowest BCUT2D eigenvalue weighted by Gasteiger charge is -2.21. The maximum absolute atomic E-state index is 12.0. The Kier molecular flexibility index (Phi) is 4.67. The first-order chi connectivity index (χ1) is 7.58. The second-order valence-electron chi connectivity index (χ2n) is 3.90. The second-order valence-corrected chi connectivity index (χ2v) is 4.88. The molecule has 90 valence electrons. The van der Waals surface area contributed by atoms with E-state index in [4.69, 9.17) is 0 Å². The SMILES string of the molecule is CCN(CC(C)C)C(=O)c1nnc(NC)s1. The molecule has 0 saturated heterocycles. The van der Waals surface area contributed by atoms with Gasteiger partial charge in [0, 0.05) is 20.1 Å². The van der Waals surface area contributed by atoms with Gasteiger partial charge in [-0.1, -0.05) is 25.2 Å². The predicted octanol–water partition coefficient (Wildman–Crippen LogP) is 1.70. The summed E-state index contributed by atoms with van der Waals surface area (Å²) in [5, 5.41) is 11.7. The highest BCUT2D eigenvalue weighted by atomic mass is 32.1. The Hall–Kier alpha value is -1.17. The Bertz CT molecular complexity index is 350. The van der Waals surface area contributed by atoms with Crippen LogP contribution >= 0.6 is 11.3 Å². The van der Waals surface area contributed by atoms with Gasteiger partial charge in [0.2, 0.25) is 10.1 Å². The molecule has 6 heteroatoms. The number of aromatic nitrogens is 2. The highest BCUT2D eigenvalue weighted by Gasteiger charge is 2.19. The molecule has 0 bridgehead atoms. The minimum Gasteiger partial charge on any atom is -0.363 e. The molecule has 0 aliphatic heterocycles. The lowest BCUT2D eigenvalue weighted by Crippen LogP contribution is -2.33. The summed E-state index contributed by atoms with van der Waals surface area (Å²) in [4.78, 5) is 13.8. The Balaban J connectivity index is 2.74. The summed E-state index contributed by atoms with van der Waals surface area (Å²) in [6.07, 6.45) is 0. The van der Waals surface area contributed by atoms with Crippen molar-refractivity contribution in [3.05, 3.63) is 5.01 Å². The number of nitrogens with zero attached hydrogens (tertiary/aromatic N) is 3. The van der Waals surface area contributed by atoms with Crippen molar-refractivity contribution in [2.75, 3.05) is 25.5 Å². The van der Waals surface area contributed by atoms with Crippen LogP contribution < -0.4 is 5.32 Å². The van der Waals surface area contributed by atoms with Crippen LogP contribution in [0.2, 0.25) is 0 Å². The molecule has 1 amide bonds. The van der Waals surface area contributed by atoms with Crippen molar-refractivity contribution in [1.29, 1.82) is 0 Å². The molecule has 1 aromatic rings. The molecule has 1 heterocycles. The van der Waals surface area contributed by atoms with Gasteiger partial charge < -0.3 is 10.2 Å². The lowest BCUT2D eigenvalue weighted by atomic mass is 10.2. The van der Waals surface area contributed by atoms with Crippen molar-refractivity contribution >= 4 is 22.4 Å². The van der Waals surface area contributed by atoms with Crippen molar-refractivity contribution in [3.63, 3.8) is 0 Å². The Labute approximate surface area is 99.9 Å². The average molecular weight is 242 g/mol. The van der Waals surface area contributed by atoms with E-state index < -0.39 is 0 Å². The summed E-state index contributed by atoms with van der Waals surface area (Å²) in [5.41, 5.74) is 0. The molecule has 0 spiro atoms. The molecule has 0 aliphatic rings. The number of carbonyl (C=O) groups is 1. The van der Waals surface area contributed by atoms with E-state index in [2.05, 4.69) is 29.4 Å². The zero-order valence-corrected chi connectivity index (χ0v) is 11.0. The van der Waals surface area contributed by atoms with Crippen LogP contribution in [0.1, 0.15) is 30.6 Å².